The van der Waals surface area contributed by atoms with E-state index in [4.69, 9.17) is 4.84 Å². The summed E-state index contributed by atoms with van der Waals surface area (Å²) >= 11 is 0. The van der Waals surface area contributed by atoms with Crippen molar-refractivity contribution >= 4 is 11.6 Å². The molecular weight excluding hydrogens is 230 g/mol. The van der Waals surface area contributed by atoms with Gasteiger partial charge in [-0.05, 0) is 17.7 Å². The van der Waals surface area contributed by atoms with Gasteiger partial charge in [-0.3, -0.25) is 14.9 Å². The second kappa shape index (κ2) is 5.37. The Morgan fingerprint density at radius 2 is 2.06 bits per heavy atom. The minimum absolute atomic E-state index is 0.0209. The number of carbonyl (C=O) groups is 1. The van der Waals surface area contributed by atoms with Gasteiger partial charge in [0.2, 0.25) is 0 Å². The Hall–Kier alpha value is -1.59. The molecule has 0 bridgehead atoms. The molecule has 1 aliphatic rings. The second-order valence-corrected chi connectivity index (χ2v) is 4.56. The number of benzene rings is 1. The number of nitrogens with zero attached hydrogens (tertiary/aromatic N) is 2. The van der Waals surface area contributed by atoms with Crippen molar-refractivity contribution in [3.63, 3.8) is 0 Å². The van der Waals surface area contributed by atoms with Crippen molar-refractivity contribution < 1.29 is 9.63 Å². The molecule has 1 N–H and O–H groups in total. The normalized spacial score (nSPS) is 19.4. The Morgan fingerprint density at radius 1 is 1.39 bits per heavy atom. The molecule has 1 unspecified atom stereocenters. The fourth-order valence-corrected chi connectivity index (χ4v) is 2.08. The first kappa shape index (κ1) is 12.9. The highest BCUT2D eigenvalue weighted by atomic mass is 16.7. The van der Waals surface area contributed by atoms with Gasteiger partial charge >= 0.3 is 0 Å². The fraction of sp³-hybridized carbons (Fsp3) is 0.462. The number of rotatable bonds is 4. The standard InChI is InChI=1S/C13H19N3O2/c1-15(2)11-6-4-10(5-7-11)8-12-14-9-13(17)16(12)18-3/h4-7,12,14H,8-9H2,1-3H3. The molecule has 0 spiro atoms. The van der Waals surface area contributed by atoms with Gasteiger partial charge in [0.15, 0.2) is 0 Å². The average molecular weight is 249 g/mol. The zero-order chi connectivity index (χ0) is 13.1. The van der Waals surface area contributed by atoms with Crippen molar-refractivity contribution in [3.05, 3.63) is 29.8 Å². The quantitative estimate of drug-likeness (QED) is 0.849. The fourth-order valence-electron chi connectivity index (χ4n) is 2.08. The van der Waals surface area contributed by atoms with Crippen molar-refractivity contribution in [1.82, 2.24) is 10.4 Å². The van der Waals surface area contributed by atoms with Crippen molar-refractivity contribution in [3.8, 4) is 0 Å². The number of hydroxylamine groups is 2. The van der Waals surface area contributed by atoms with E-state index in [1.54, 1.807) is 0 Å². The summed E-state index contributed by atoms with van der Waals surface area (Å²) in [4.78, 5) is 18.6. The van der Waals surface area contributed by atoms with E-state index in [-0.39, 0.29) is 12.1 Å². The Balaban J connectivity index is 2.03. The summed E-state index contributed by atoms with van der Waals surface area (Å²) in [5, 5.41) is 4.54. The van der Waals surface area contributed by atoms with E-state index in [1.807, 2.05) is 14.1 Å². The maximum Gasteiger partial charge on any atom is 0.261 e. The van der Waals surface area contributed by atoms with Crippen LogP contribution in [0.4, 0.5) is 5.69 Å². The van der Waals surface area contributed by atoms with Crippen molar-refractivity contribution in [1.29, 1.82) is 0 Å². The van der Waals surface area contributed by atoms with E-state index >= 15 is 0 Å². The molecule has 0 saturated carbocycles. The van der Waals surface area contributed by atoms with Crippen LogP contribution in [0.2, 0.25) is 0 Å². The summed E-state index contributed by atoms with van der Waals surface area (Å²) in [6.07, 6.45) is 0.667. The minimum atomic E-state index is -0.0762. The predicted octanol–water partition coefficient (Wildman–Crippen LogP) is 0.614. The van der Waals surface area contributed by atoms with Crippen LogP contribution in [-0.2, 0) is 16.1 Å². The van der Waals surface area contributed by atoms with Crippen LogP contribution >= 0.6 is 0 Å². The minimum Gasteiger partial charge on any atom is -0.378 e. The molecule has 0 radical (unpaired) electrons. The van der Waals surface area contributed by atoms with E-state index in [1.165, 1.54) is 17.7 Å². The summed E-state index contributed by atoms with van der Waals surface area (Å²) in [6, 6.07) is 8.30. The Morgan fingerprint density at radius 3 is 2.61 bits per heavy atom. The van der Waals surface area contributed by atoms with Crippen LogP contribution in [-0.4, -0.2) is 44.9 Å². The van der Waals surface area contributed by atoms with Gasteiger partial charge in [0.1, 0.15) is 6.17 Å². The first-order valence-electron chi connectivity index (χ1n) is 5.97. The number of anilines is 1. The zero-order valence-corrected chi connectivity index (χ0v) is 11.0. The lowest BCUT2D eigenvalue weighted by atomic mass is 10.1. The summed E-state index contributed by atoms with van der Waals surface area (Å²) in [5.74, 6) is -0.0209. The molecule has 98 valence electrons. The average Bonchev–Trinajstić information content (AvgIpc) is 2.70. The van der Waals surface area contributed by atoms with Crippen molar-refractivity contribution in [2.75, 3.05) is 32.6 Å². The maximum atomic E-state index is 11.5. The van der Waals surface area contributed by atoms with Crippen molar-refractivity contribution in [2.24, 2.45) is 0 Å². The smallest absolute Gasteiger partial charge is 0.261 e. The highest BCUT2D eigenvalue weighted by Gasteiger charge is 2.30. The highest BCUT2D eigenvalue weighted by molar-refractivity contribution is 5.79. The van der Waals surface area contributed by atoms with E-state index in [0.29, 0.717) is 6.54 Å². The van der Waals surface area contributed by atoms with Crippen molar-refractivity contribution in [2.45, 2.75) is 12.6 Å². The van der Waals surface area contributed by atoms with Gasteiger partial charge in [-0.15, -0.1) is 0 Å². The number of amides is 1. The molecule has 1 heterocycles. The number of carbonyl (C=O) groups excluding carboxylic acids is 1. The van der Waals surface area contributed by atoms with Gasteiger partial charge in [-0.2, -0.15) is 0 Å². The Labute approximate surface area is 107 Å². The maximum absolute atomic E-state index is 11.5. The molecule has 0 aromatic heterocycles. The molecule has 0 aliphatic carbocycles. The number of hydrogen-bond acceptors (Lipinski definition) is 4. The van der Waals surface area contributed by atoms with Gasteiger partial charge in [0, 0.05) is 26.2 Å². The van der Waals surface area contributed by atoms with Crippen LogP contribution in [0.3, 0.4) is 0 Å². The lowest BCUT2D eigenvalue weighted by Crippen LogP contribution is -2.38. The summed E-state index contributed by atoms with van der Waals surface area (Å²) in [7, 11) is 5.55. The summed E-state index contributed by atoms with van der Waals surface area (Å²) in [6.45, 7) is 0.342. The molecule has 1 saturated heterocycles. The lowest BCUT2D eigenvalue weighted by molar-refractivity contribution is -0.177. The van der Waals surface area contributed by atoms with Crippen LogP contribution in [0.5, 0.6) is 0 Å². The number of hydrogen-bond donors (Lipinski definition) is 1. The van der Waals surface area contributed by atoms with Gasteiger partial charge in [-0.1, -0.05) is 12.1 Å². The molecule has 1 aromatic carbocycles. The first-order valence-corrected chi connectivity index (χ1v) is 5.97. The van der Waals surface area contributed by atoms with Crippen LogP contribution < -0.4 is 10.2 Å². The SMILES string of the molecule is CON1C(=O)CNC1Cc1ccc(N(C)C)cc1. The molecular formula is C13H19N3O2. The molecule has 1 aliphatic heterocycles. The zero-order valence-electron chi connectivity index (χ0n) is 11.0. The van der Waals surface area contributed by atoms with E-state index in [2.05, 4.69) is 34.5 Å². The Kier molecular flexibility index (Phi) is 3.84. The molecule has 1 aromatic rings. The molecule has 5 nitrogen and oxygen atoms in total. The monoisotopic (exact) mass is 249 g/mol. The first-order chi connectivity index (χ1) is 8.61. The van der Waals surface area contributed by atoms with Gasteiger partial charge in [-0.25, -0.2) is 5.06 Å². The van der Waals surface area contributed by atoms with Crippen LogP contribution in [0.25, 0.3) is 0 Å². The largest absolute Gasteiger partial charge is 0.378 e. The highest BCUT2D eigenvalue weighted by Crippen LogP contribution is 2.16. The third-order valence-corrected chi connectivity index (χ3v) is 3.10. The van der Waals surface area contributed by atoms with Crippen LogP contribution in [0.15, 0.2) is 24.3 Å². The summed E-state index contributed by atoms with van der Waals surface area (Å²) < 4.78 is 0. The van der Waals surface area contributed by atoms with Gasteiger partial charge in [0.25, 0.3) is 5.91 Å². The molecule has 2 rings (SSSR count). The van der Waals surface area contributed by atoms with E-state index in [9.17, 15) is 4.79 Å². The molecule has 18 heavy (non-hydrogen) atoms. The molecule has 1 amide bonds. The van der Waals surface area contributed by atoms with Crippen LogP contribution in [0.1, 0.15) is 5.56 Å². The van der Waals surface area contributed by atoms with Gasteiger partial charge in [0.05, 0.1) is 13.7 Å². The van der Waals surface area contributed by atoms with Gasteiger partial charge < -0.3 is 4.90 Å². The predicted molar refractivity (Wildman–Crippen MR) is 70.1 cm³/mol. The summed E-state index contributed by atoms with van der Waals surface area (Å²) in [5.41, 5.74) is 2.34. The Bertz CT molecular complexity index is 417. The molecule has 1 atom stereocenters. The topological polar surface area (TPSA) is 44.8 Å². The number of nitrogens with one attached hydrogen (secondary N) is 1. The molecule has 5 heteroatoms. The molecule has 1 fully saturated rings. The van der Waals surface area contributed by atoms with Crippen LogP contribution in [0, 0.1) is 0 Å². The van der Waals surface area contributed by atoms with E-state index in [0.717, 1.165) is 12.1 Å². The third kappa shape index (κ3) is 2.63. The van der Waals surface area contributed by atoms with E-state index < -0.39 is 0 Å². The third-order valence-electron chi connectivity index (χ3n) is 3.10. The lowest BCUT2D eigenvalue weighted by Gasteiger charge is -2.21. The second-order valence-electron chi connectivity index (χ2n) is 4.56.